The molecule has 0 saturated heterocycles. The van der Waals surface area contributed by atoms with E-state index in [0.717, 1.165) is 11.8 Å². The third kappa shape index (κ3) is 5.63. The van der Waals surface area contributed by atoms with Gasteiger partial charge >= 0.3 is 0 Å². The van der Waals surface area contributed by atoms with E-state index in [-0.39, 0.29) is 24.2 Å². The first kappa shape index (κ1) is 15.2. The highest BCUT2D eigenvalue weighted by atomic mass is 79.9. The zero-order chi connectivity index (χ0) is 13.5. The van der Waals surface area contributed by atoms with Gasteiger partial charge in [-0.1, -0.05) is 41.9 Å². The largest absolute Gasteiger partial charge is 0.352 e. The Morgan fingerprint density at radius 3 is 2.72 bits per heavy atom. The molecule has 1 aromatic carbocycles. The molecule has 0 aliphatic carbocycles. The molecule has 1 amide bonds. The molecule has 1 atom stereocenters. The molecule has 0 bridgehead atoms. The second-order valence-electron chi connectivity index (χ2n) is 4.85. The monoisotopic (exact) mass is 315 g/mol. The van der Waals surface area contributed by atoms with Crippen LogP contribution < -0.4 is 5.32 Å². The summed E-state index contributed by atoms with van der Waals surface area (Å²) in [5, 5.41) is 3.69. The summed E-state index contributed by atoms with van der Waals surface area (Å²) in [6.07, 6.45) is 1.15. The molecule has 2 nitrogen and oxygen atoms in total. The Balaban J connectivity index is 2.50. The Kier molecular flexibility index (Phi) is 6.33. The number of benzene rings is 1. The van der Waals surface area contributed by atoms with Crippen LogP contribution in [-0.2, 0) is 11.2 Å². The Morgan fingerprint density at radius 1 is 1.44 bits per heavy atom. The van der Waals surface area contributed by atoms with Crippen LogP contribution in [0.3, 0.4) is 0 Å². The molecule has 1 N–H and O–H groups in total. The standard InChI is InChI=1S/C14H19BrFNO/c1-10(2)6-13(9-15)17-14(18)8-11-4-3-5-12(16)7-11/h3-5,7,10,13H,6,8-9H2,1-2H3,(H,17,18). The van der Waals surface area contributed by atoms with Gasteiger partial charge in [0.15, 0.2) is 0 Å². The zero-order valence-corrected chi connectivity index (χ0v) is 12.3. The Morgan fingerprint density at radius 2 is 2.17 bits per heavy atom. The average molecular weight is 316 g/mol. The number of hydrogen-bond donors (Lipinski definition) is 1. The summed E-state index contributed by atoms with van der Waals surface area (Å²) < 4.78 is 13.0. The average Bonchev–Trinajstić information content (AvgIpc) is 2.27. The topological polar surface area (TPSA) is 29.1 Å². The van der Waals surface area contributed by atoms with E-state index in [1.165, 1.54) is 12.1 Å². The molecule has 0 spiro atoms. The summed E-state index contributed by atoms with van der Waals surface area (Å²) in [4.78, 5) is 11.8. The van der Waals surface area contributed by atoms with Crippen molar-refractivity contribution >= 4 is 21.8 Å². The van der Waals surface area contributed by atoms with Crippen molar-refractivity contribution in [3.8, 4) is 0 Å². The lowest BCUT2D eigenvalue weighted by Gasteiger charge is -2.18. The highest BCUT2D eigenvalue weighted by Crippen LogP contribution is 2.08. The second-order valence-corrected chi connectivity index (χ2v) is 5.50. The van der Waals surface area contributed by atoms with Gasteiger partial charge in [-0.2, -0.15) is 0 Å². The van der Waals surface area contributed by atoms with Crippen molar-refractivity contribution in [1.29, 1.82) is 0 Å². The predicted molar refractivity (Wildman–Crippen MR) is 75.3 cm³/mol. The fourth-order valence-corrected chi connectivity index (χ4v) is 2.27. The van der Waals surface area contributed by atoms with Gasteiger partial charge < -0.3 is 5.32 Å². The molecule has 100 valence electrons. The lowest BCUT2D eigenvalue weighted by atomic mass is 10.0. The third-order valence-corrected chi connectivity index (χ3v) is 3.34. The third-order valence-electron chi connectivity index (χ3n) is 2.56. The number of carbonyl (C=O) groups is 1. The van der Waals surface area contributed by atoms with Crippen molar-refractivity contribution < 1.29 is 9.18 Å². The zero-order valence-electron chi connectivity index (χ0n) is 10.7. The first-order chi connectivity index (χ1) is 8.51. The molecular weight excluding hydrogens is 297 g/mol. The lowest BCUT2D eigenvalue weighted by Crippen LogP contribution is -2.37. The highest BCUT2D eigenvalue weighted by molar-refractivity contribution is 9.09. The van der Waals surface area contributed by atoms with E-state index in [2.05, 4.69) is 35.1 Å². The quantitative estimate of drug-likeness (QED) is 0.802. The highest BCUT2D eigenvalue weighted by Gasteiger charge is 2.13. The molecule has 1 aromatic rings. The van der Waals surface area contributed by atoms with E-state index in [1.807, 2.05) is 0 Å². The van der Waals surface area contributed by atoms with Gasteiger partial charge in [0.2, 0.25) is 5.91 Å². The SMILES string of the molecule is CC(C)CC(CBr)NC(=O)Cc1cccc(F)c1. The van der Waals surface area contributed by atoms with Gasteiger partial charge in [-0.25, -0.2) is 4.39 Å². The van der Waals surface area contributed by atoms with Crippen molar-refractivity contribution in [2.24, 2.45) is 5.92 Å². The van der Waals surface area contributed by atoms with Gasteiger partial charge in [0, 0.05) is 11.4 Å². The Hall–Kier alpha value is -0.900. The van der Waals surface area contributed by atoms with Gasteiger partial charge in [-0.3, -0.25) is 4.79 Å². The summed E-state index contributed by atoms with van der Waals surface area (Å²) in [6.45, 7) is 4.24. The number of nitrogens with one attached hydrogen (secondary N) is 1. The minimum absolute atomic E-state index is 0.0642. The predicted octanol–water partition coefficient (Wildman–Crippen LogP) is 3.29. The maximum atomic E-state index is 13.0. The molecule has 0 saturated carbocycles. The van der Waals surface area contributed by atoms with Gasteiger partial charge in [0.05, 0.1) is 6.42 Å². The van der Waals surface area contributed by atoms with Crippen molar-refractivity contribution in [3.63, 3.8) is 0 Å². The van der Waals surface area contributed by atoms with Crippen LogP contribution in [-0.4, -0.2) is 17.3 Å². The molecule has 4 heteroatoms. The van der Waals surface area contributed by atoms with Gasteiger partial charge in [0.25, 0.3) is 0 Å². The molecule has 1 rings (SSSR count). The smallest absolute Gasteiger partial charge is 0.224 e. The van der Waals surface area contributed by atoms with Crippen LogP contribution in [0.2, 0.25) is 0 Å². The minimum atomic E-state index is -0.306. The van der Waals surface area contributed by atoms with Crippen LogP contribution in [0.5, 0.6) is 0 Å². The molecule has 0 radical (unpaired) electrons. The molecule has 1 unspecified atom stereocenters. The van der Waals surface area contributed by atoms with Crippen LogP contribution in [0.25, 0.3) is 0 Å². The number of halogens is 2. The molecule has 0 aliphatic heterocycles. The van der Waals surface area contributed by atoms with Crippen LogP contribution >= 0.6 is 15.9 Å². The fourth-order valence-electron chi connectivity index (χ4n) is 1.84. The molecule has 0 aromatic heterocycles. The van der Waals surface area contributed by atoms with Crippen LogP contribution in [0.4, 0.5) is 4.39 Å². The molecular formula is C14H19BrFNO. The number of hydrogen-bond acceptors (Lipinski definition) is 1. The van der Waals surface area contributed by atoms with E-state index < -0.39 is 0 Å². The first-order valence-electron chi connectivity index (χ1n) is 6.11. The molecule has 0 aliphatic rings. The van der Waals surface area contributed by atoms with Crippen molar-refractivity contribution in [1.82, 2.24) is 5.32 Å². The number of alkyl halides is 1. The van der Waals surface area contributed by atoms with Gasteiger partial charge in [0.1, 0.15) is 5.82 Å². The molecule has 18 heavy (non-hydrogen) atoms. The Bertz CT molecular complexity index is 395. The minimum Gasteiger partial charge on any atom is -0.352 e. The van der Waals surface area contributed by atoms with Gasteiger partial charge in [-0.15, -0.1) is 0 Å². The van der Waals surface area contributed by atoms with Crippen molar-refractivity contribution in [2.75, 3.05) is 5.33 Å². The summed E-state index contributed by atoms with van der Waals surface area (Å²) in [5.74, 6) is 0.159. The maximum Gasteiger partial charge on any atom is 0.224 e. The van der Waals surface area contributed by atoms with Gasteiger partial charge in [-0.05, 0) is 30.0 Å². The number of amides is 1. The maximum absolute atomic E-state index is 13.0. The van der Waals surface area contributed by atoms with Crippen LogP contribution in [0.1, 0.15) is 25.8 Å². The molecule has 0 fully saturated rings. The second kappa shape index (κ2) is 7.52. The van der Waals surface area contributed by atoms with Crippen LogP contribution in [0, 0.1) is 11.7 Å². The summed E-state index contributed by atoms with van der Waals surface area (Å²) in [7, 11) is 0. The van der Waals surface area contributed by atoms with E-state index >= 15 is 0 Å². The first-order valence-corrected chi connectivity index (χ1v) is 7.23. The van der Waals surface area contributed by atoms with E-state index in [9.17, 15) is 9.18 Å². The fraction of sp³-hybridized carbons (Fsp3) is 0.500. The van der Waals surface area contributed by atoms with Crippen molar-refractivity contribution in [3.05, 3.63) is 35.6 Å². The van der Waals surface area contributed by atoms with E-state index in [1.54, 1.807) is 12.1 Å². The summed E-state index contributed by atoms with van der Waals surface area (Å²) in [6, 6.07) is 6.28. The van der Waals surface area contributed by atoms with Crippen molar-refractivity contribution in [2.45, 2.75) is 32.7 Å². The van der Waals surface area contributed by atoms with E-state index in [4.69, 9.17) is 0 Å². The summed E-state index contributed by atoms with van der Waals surface area (Å²) >= 11 is 3.40. The van der Waals surface area contributed by atoms with E-state index in [0.29, 0.717) is 11.5 Å². The number of carbonyl (C=O) groups excluding carboxylic acids is 1. The molecule has 0 heterocycles. The normalized spacial score (nSPS) is 12.5. The lowest BCUT2D eigenvalue weighted by molar-refractivity contribution is -0.121. The Labute approximate surface area is 116 Å². The number of rotatable bonds is 6. The van der Waals surface area contributed by atoms with Crippen LogP contribution in [0.15, 0.2) is 24.3 Å². The summed E-state index contributed by atoms with van der Waals surface area (Å²) in [5.41, 5.74) is 0.699.